The van der Waals surface area contributed by atoms with Crippen LogP contribution >= 0.6 is 0 Å². The molecule has 0 aliphatic carbocycles. The van der Waals surface area contributed by atoms with Gasteiger partial charge in [0, 0.05) is 38.4 Å². The summed E-state index contributed by atoms with van der Waals surface area (Å²) in [7, 11) is 2.18. The second-order valence-corrected chi connectivity index (χ2v) is 6.03. The number of nitrogens with zero attached hydrogens (tertiary/aromatic N) is 4. The monoisotopic (exact) mass is 270 g/mol. The molecule has 2 saturated heterocycles. The van der Waals surface area contributed by atoms with Crippen LogP contribution in [0.3, 0.4) is 0 Å². The van der Waals surface area contributed by atoms with E-state index in [9.17, 15) is 4.79 Å². The molecule has 0 unspecified atom stereocenters. The molecule has 5 nitrogen and oxygen atoms in total. The van der Waals surface area contributed by atoms with E-state index in [1.165, 1.54) is 0 Å². The molecule has 2 aliphatic rings. The smallest absolute Gasteiger partial charge is 0.259 e. The third-order valence-corrected chi connectivity index (χ3v) is 4.55. The molecule has 2 fully saturated rings. The average molecular weight is 270 g/mol. The SMILES string of the molecule is CN1C[C@@H]2CN(c3cc(=O)n4ccccc4n3)C[C@@H]2C1. The number of rotatable bonds is 1. The second-order valence-electron chi connectivity index (χ2n) is 6.03. The maximum absolute atomic E-state index is 12.1. The van der Waals surface area contributed by atoms with E-state index in [1.54, 1.807) is 16.7 Å². The average Bonchev–Trinajstić information content (AvgIpc) is 2.96. The summed E-state index contributed by atoms with van der Waals surface area (Å²) in [5.74, 6) is 2.27. The first-order valence-corrected chi connectivity index (χ1v) is 7.12. The van der Waals surface area contributed by atoms with Gasteiger partial charge in [0.1, 0.15) is 11.5 Å². The first-order valence-electron chi connectivity index (χ1n) is 7.12. The predicted molar refractivity (Wildman–Crippen MR) is 78.2 cm³/mol. The van der Waals surface area contributed by atoms with E-state index in [0.717, 1.165) is 49.5 Å². The van der Waals surface area contributed by atoms with Crippen molar-refractivity contribution in [3.8, 4) is 0 Å². The van der Waals surface area contributed by atoms with Gasteiger partial charge in [0.05, 0.1) is 0 Å². The van der Waals surface area contributed by atoms with Crippen molar-refractivity contribution in [1.82, 2.24) is 14.3 Å². The lowest BCUT2D eigenvalue weighted by Crippen LogP contribution is -2.28. The van der Waals surface area contributed by atoms with Gasteiger partial charge < -0.3 is 9.80 Å². The van der Waals surface area contributed by atoms with Crippen molar-refractivity contribution in [2.24, 2.45) is 11.8 Å². The summed E-state index contributed by atoms with van der Waals surface area (Å²) >= 11 is 0. The van der Waals surface area contributed by atoms with Gasteiger partial charge in [-0.3, -0.25) is 9.20 Å². The molecule has 4 rings (SSSR count). The maximum Gasteiger partial charge on any atom is 0.259 e. The van der Waals surface area contributed by atoms with Gasteiger partial charge in [0.15, 0.2) is 0 Å². The van der Waals surface area contributed by atoms with Gasteiger partial charge in [-0.2, -0.15) is 0 Å². The highest BCUT2D eigenvalue weighted by Crippen LogP contribution is 2.32. The van der Waals surface area contributed by atoms with Crippen LogP contribution in [0.1, 0.15) is 0 Å². The molecule has 0 bridgehead atoms. The lowest BCUT2D eigenvalue weighted by Gasteiger charge is -2.20. The molecule has 2 aliphatic heterocycles. The summed E-state index contributed by atoms with van der Waals surface area (Å²) in [6, 6.07) is 7.32. The van der Waals surface area contributed by atoms with Crippen molar-refractivity contribution in [2.75, 3.05) is 38.1 Å². The lowest BCUT2D eigenvalue weighted by atomic mass is 10.0. The van der Waals surface area contributed by atoms with Gasteiger partial charge in [0.2, 0.25) is 0 Å². The van der Waals surface area contributed by atoms with Gasteiger partial charge in [-0.15, -0.1) is 0 Å². The highest BCUT2D eigenvalue weighted by Gasteiger charge is 2.39. The van der Waals surface area contributed by atoms with Crippen LogP contribution in [-0.4, -0.2) is 47.5 Å². The Morgan fingerprint density at radius 2 is 1.90 bits per heavy atom. The topological polar surface area (TPSA) is 40.9 Å². The molecule has 0 amide bonds. The molecular formula is C15H18N4O. The number of hydrogen-bond donors (Lipinski definition) is 0. The van der Waals surface area contributed by atoms with Crippen LogP contribution in [0.4, 0.5) is 5.82 Å². The first kappa shape index (κ1) is 11.9. The zero-order valence-corrected chi connectivity index (χ0v) is 11.6. The minimum atomic E-state index is -0.000206. The van der Waals surface area contributed by atoms with Crippen molar-refractivity contribution in [2.45, 2.75) is 0 Å². The van der Waals surface area contributed by atoms with Gasteiger partial charge in [-0.1, -0.05) is 6.07 Å². The van der Waals surface area contributed by atoms with Crippen LogP contribution in [0.25, 0.3) is 5.65 Å². The molecule has 4 heterocycles. The molecule has 0 N–H and O–H groups in total. The Morgan fingerprint density at radius 1 is 1.15 bits per heavy atom. The molecule has 20 heavy (non-hydrogen) atoms. The number of pyridine rings is 1. The Kier molecular flexibility index (Phi) is 2.57. The molecule has 2 atom stereocenters. The van der Waals surface area contributed by atoms with Crippen LogP contribution < -0.4 is 10.5 Å². The Labute approximate surface area is 117 Å². The van der Waals surface area contributed by atoms with E-state index in [2.05, 4.69) is 21.8 Å². The van der Waals surface area contributed by atoms with Gasteiger partial charge in [-0.05, 0) is 31.0 Å². The highest BCUT2D eigenvalue weighted by atomic mass is 16.1. The van der Waals surface area contributed by atoms with Crippen LogP contribution in [0.2, 0.25) is 0 Å². The lowest BCUT2D eigenvalue weighted by molar-refractivity contribution is 0.387. The summed E-state index contributed by atoms with van der Waals surface area (Å²) in [5.41, 5.74) is 0.726. The van der Waals surface area contributed by atoms with Gasteiger partial charge in [-0.25, -0.2) is 4.98 Å². The van der Waals surface area contributed by atoms with Crippen molar-refractivity contribution >= 4 is 11.5 Å². The fraction of sp³-hybridized carbons (Fsp3) is 0.467. The zero-order chi connectivity index (χ0) is 13.7. The van der Waals surface area contributed by atoms with Gasteiger partial charge >= 0.3 is 0 Å². The van der Waals surface area contributed by atoms with E-state index in [-0.39, 0.29) is 5.56 Å². The number of hydrogen-bond acceptors (Lipinski definition) is 4. The Morgan fingerprint density at radius 3 is 2.65 bits per heavy atom. The van der Waals surface area contributed by atoms with E-state index < -0.39 is 0 Å². The van der Waals surface area contributed by atoms with Crippen LogP contribution in [0.15, 0.2) is 35.3 Å². The quantitative estimate of drug-likeness (QED) is 0.764. The Hall–Kier alpha value is -1.88. The zero-order valence-electron chi connectivity index (χ0n) is 11.6. The van der Waals surface area contributed by atoms with Crippen molar-refractivity contribution in [3.05, 3.63) is 40.8 Å². The maximum atomic E-state index is 12.1. The molecule has 2 aromatic heterocycles. The highest BCUT2D eigenvalue weighted by molar-refractivity contribution is 5.49. The van der Waals surface area contributed by atoms with Crippen molar-refractivity contribution in [3.63, 3.8) is 0 Å². The van der Waals surface area contributed by atoms with E-state index in [0.29, 0.717) is 0 Å². The normalized spacial score (nSPS) is 26.4. The third-order valence-electron chi connectivity index (χ3n) is 4.55. The summed E-state index contributed by atoms with van der Waals surface area (Å²) in [4.78, 5) is 21.5. The summed E-state index contributed by atoms with van der Waals surface area (Å²) in [6.45, 7) is 4.36. The number of anilines is 1. The summed E-state index contributed by atoms with van der Waals surface area (Å²) in [6.07, 6.45) is 1.77. The second kappa shape index (κ2) is 4.31. The molecule has 0 saturated carbocycles. The predicted octanol–water partition coefficient (Wildman–Crippen LogP) is 0.692. The third kappa shape index (κ3) is 1.81. The number of aromatic nitrogens is 2. The molecular weight excluding hydrogens is 252 g/mol. The van der Waals surface area contributed by atoms with E-state index in [4.69, 9.17) is 0 Å². The van der Waals surface area contributed by atoms with Crippen LogP contribution in [0, 0.1) is 11.8 Å². The number of likely N-dealkylation sites (tertiary alicyclic amines) is 1. The molecule has 2 aromatic rings. The van der Waals surface area contributed by atoms with Crippen molar-refractivity contribution in [1.29, 1.82) is 0 Å². The first-order chi connectivity index (χ1) is 9.70. The molecule has 5 heteroatoms. The Balaban J connectivity index is 1.69. The minimum absolute atomic E-state index is 0.000206. The molecule has 104 valence electrons. The largest absolute Gasteiger partial charge is 0.356 e. The minimum Gasteiger partial charge on any atom is -0.356 e. The summed E-state index contributed by atoms with van der Waals surface area (Å²) in [5, 5.41) is 0. The van der Waals surface area contributed by atoms with Crippen LogP contribution in [-0.2, 0) is 0 Å². The Bertz CT molecular complexity index is 696. The van der Waals surface area contributed by atoms with Gasteiger partial charge in [0.25, 0.3) is 5.56 Å². The standard InChI is InChI=1S/C15H18N4O/c1-17-7-11-9-18(10-12(11)8-17)14-6-15(20)19-5-3-2-4-13(19)16-14/h2-6,11-12H,7-10H2,1H3/t11-,12+. The molecule has 0 aromatic carbocycles. The molecule has 0 spiro atoms. The fourth-order valence-electron chi connectivity index (χ4n) is 3.62. The van der Waals surface area contributed by atoms with E-state index >= 15 is 0 Å². The van der Waals surface area contributed by atoms with E-state index in [1.807, 2.05) is 18.2 Å². The number of fused-ring (bicyclic) bond motifs is 2. The van der Waals surface area contributed by atoms with Crippen LogP contribution in [0.5, 0.6) is 0 Å². The van der Waals surface area contributed by atoms with Crippen molar-refractivity contribution < 1.29 is 0 Å². The summed E-state index contributed by atoms with van der Waals surface area (Å²) < 4.78 is 1.59. The fourth-order valence-corrected chi connectivity index (χ4v) is 3.62. The molecule has 0 radical (unpaired) electrons.